The highest BCUT2D eigenvalue weighted by molar-refractivity contribution is 6.03. The van der Waals surface area contributed by atoms with Gasteiger partial charge < -0.3 is 13.9 Å². The molecule has 4 heteroatoms. The van der Waals surface area contributed by atoms with Crippen LogP contribution in [0.1, 0.15) is 10.4 Å². The molecule has 0 unspecified atom stereocenters. The highest BCUT2D eigenvalue weighted by atomic mass is 16.5. The van der Waals surface area contributed by atoms with Crippen LogP contribution in [0.2, 0.25) is 0 Å². The monoisotopic (exact) mass is 206 g/mol. The summed E-state index contributed by atoms with van der Waals surface area (Å²) in [6, 6.07) is 5.26. The Kier molecular flexibility index (Phi) is 2.33. The summed E-state index contributed by atoms with van der Waals surface area (Å²) < 4.78 is 14.9. The van der Waals surface area contributed by atoms with Crippen LogP contribution in [0, 0.1) is 0 Å². The molecular formula is C11H10O4. The lowest BCUT2D eigenvalue weighted by atomic mass is 10.2. The molecule has 78 valence electrons. The maximum atomic E-state index is 11.3. The number of esters is 1. The summed E-state index contributed by atoms with van der Waals surface area (Å²) in [5.74, 6) is 0.284. The van der Waals surface area contributed by atoms with Crippen molar-refractivity contribution in [3.05, 3.63) is 30.0 Å². The summed E-state index contributed by atoms with van der Waals surface area (Å²) in [6.07, 6.45) is 1.38. The molecule has 0 aliphatic rings. The van der Waals surface area contributed by atoms with Crippen molar-refractivity contribution in [2.45, 2.75) is 0 Å². The summed E-state index contributed by atoms with van der Waals surface area (Å²) in [6.45, 7) is 0. The summed E-state index contributed by atoms with van der Waals surface area (Å²) in [5, 5.41) is 0.725. The highest BCUT2D eigenvalue weighted by Crippen LogP contribution is 2.25. The molecule has 0 amide bonds. The number of fused-ring (bicyclic) bond motifs is 1. The molecule has 2 aromatic rings. The Morgan fingerprint density at radius 2 is 2.13 bits per heavy atom. The molecule has 0 aliphatic heterocycles. The molecule has 0 N–H and O–H groups in total. The van der Waals surface area contributed by atoms with Gasteiger partial charge in [0, 0.05) is 11.5 Å². The highest BCUT2D eigenvalue weighted by Gasteiger charge is 2.14. The zero-order chi connectivity index (χ0) is 10.8. The summed E-state index contributed by atoms with van der Waals surface area (Å²) in [7, 11) is 2.91. The number of ether oxygens (including phenoxy) is 2. The van der Waals surface area contributed by atoms with Gasteiger partial charge in [-0.3, -0.25) is 0 Å². The van der Waals surface area contributed by atoms with Crippen LogP contribution in [-0.2, 0) is 4.74 Å². The van der Waals surface area contributed by atoms with Crippen molar-refractivity contribution < 1.29 is 18.7 Å². The van der Waals surface area contributed by atoms with Crippen LogP contribution >= 0.6 is 0 Å². The molecule has 1 aromatic carbocycles. The quantitative estimate of drug-likeness (QED) is 0.707. The normalized spacial score (nSPS) is 10.3. The van der Waals surface area contributed by atoms with Gasteiger partial charge in [-0.25, -0.2) is 4.79 Å². The van der Waals surface area contributed by atoms with Crippen LogP contribution in [0.3, 0.4) is 0 Å². The second kappa shape index (κ2) is 3.65. The van der Waals surface area contributed by atoms with Crippen molar-refractivity contribution in [1.29, 1.82) is 0 Å². The first-order valence-corrected chi connectivity index (χ1v) is 4.40. The minimum atomic E-state index is -0.404. The van der Waals surface area contributed by atoms with E-state index in [9.17, 15) is 4.79 Å². The van der Waals surface area contributed by atoms with E-state index in [0.29, 0.717) is 16.9 Å². The predicted molar refractivity (Wildman–Crippen MR) is 54.1 cm³/mol. The first kappa shape index (κ1) is 9.58. The number of benzene rings is 1. The summed E-state index contributed by atoms with van der Waals surface area (Å²) in [5.41, 5.74) is 1.03. The lowest BCUT2D eigenvalue weighted by molar-refractivity contribution is 0.0602. The third-order valence-corrected chi connectivity index (χ3v) is 2.19. The van der Waals surface area contributed by atoms with Gasteiger partial charge in [-0.05, 0) is 12.1 Å². The second-order valence-corrected chi connectivity index (χ2v) is 3.00. The van der Waals surface area contributed by atoms with Gasteiger partial charge in [-0.1, -0.05) is 0 Å². The summed E-state index contributed by atoms with van der Waals surface area (Å²) >= 11 is 0. The van der Waals surface area contributed by atoms with E-state index in [0.717, 1.165) is 5.39 Å². The van der Waals surface area contributed by atoms with E-state index in [1.807, 2.05) is 0 Å². The van der Waals surface area contributed by atoms with E-state index >= 15 is 0 Å². The van der Waals surface area contributed by atoms with E-state index in [-0.39, 0.29) is 0 Å². The number of carbonyl (C=O) groups is 1. The van der Waals surface area contributed by atoms with Crippen molar-refractivity contribution in [2.24, 2.45) is 0 Å². The molecule has 0 atom stereocenters. The zero-order valence-electron chi connectivity index (χ0n) is 8.44. The van der Waals surface area contributed by atoms with Crippen LogP contribution in [0.5, 0.6) is 5.75 Å². The molecule has 1 aromatic heterocycles. The standard InChI is InChI=1S/C11H10O4/c1-13-7-3-4-8-9(11(12)14-2)6-15-10(8)5-7/h3-6H,1-2H3. The number of hydrogen-bond donors (Lipinski definition) is 0. The van der Waals surface area contributed by atoms with Crippen LogP contribution in [-0.4, -0.2) is 20.2 Å². The summed E-state index contributed by atoms with van der Waals surface area (Å²) in [4.78, 5) is 11.3. The average Bonchev–Trinajstić information content (AvgIpc) is 2.70. The molecule has 0 bridgehead atoms. The van der Waals surface area contributed by atoms with Crippen LogP contribution in [0.25, 0.3) is 11.0 Å². The third kappa shape index (κ3) is 1.54. The second-order valence-electron chi connectivity index (χ2n) is 3.00. The number of carbonyl (C=O) groups excluding carboxylic acids is 1. The van der Waals surface area contributed by atoms with Crippen molar-refractivity contribution in [3.63, 3.8) is 0 Å². The van der Waals surface area contributed by atoms with Gasteiger partial charge >= 0.3 is 5.97 Å². The molecule has 4 nitrogen and oxygen atoms in total. The van der Waals surface area contributed by atoms with E-state index < -0.39 is 5.97 Å². The maximum absolute atomic E-state index is 11.3. The Labute approximate surface area is 86.4 Å². The Morgan fingerprint density at radius 1 is 1.33 bits per heavy atom. The molecule has 0 radical (unpaired) electrons. The van der Waals surface area contributed by atoms with Gasteiger partial charge in [-0.15, -0.1) is 0 Å². The minimum Gasteiger partial charge on any atom is -0.497 e. The van der Waals surface area contributed by atoms with Gasteiger partial charge in [0.2, 0.25) is 0 Å². The fourth-order valence-electron chi connectivity index (χ4n) is 1.40. The molecule has 2 rings (SSSR count). The Bertz CT molecular complexity index is 498. The Hall–Kier alpha value is -1.97. The molecule has 0 fully saturated rings. The lowest BCUT2D eigenvalue weighted by Crippen LogP contribution is -1.99. The SMILES string of the molecule is COC(=O)c1coc2cc(OC)ccc12. The maximum Gasteiger partial charge on any atom is 0.341 e. The molecule has 15 heavy (non-hydrogen) atoms. The first-order valence-electron chi connectivity index (χ1n) is 4.40. The van der Waals surface area contributed by atoms with Gasteiger partial charge in [0.1, 0.15) is 23.2 Å². The topological polar surface area (TPSA) is 48.7 Å². The molecule has 0 saturated carbocycles. The average molecular weight is 206 g/mol. The van der Waals surface area contributed by atoms with Gasteiger partial charge in [0.15, 0.2) is 0 Å². The van der Waals surface area contributed by atoms with E-state index in [1.54, 1.807) is 25.3 Å². The van der Waals surface area contributed by atoms with Crippen molar-refractivity contribution in [2.75, 3.05) is 14.2 Å². The number of rotatable bonds is 2. The van der Waals surface area contributed by atoms with Gasteiger partial charge in [0.05, 0.1) is 14.2 Å². The molecule has 0 spiro atoms. The molecular weight excluding hydrogens is 196 g/mol. The lowest BCUT2D eigenvalue weighted by Gasteiger charge is -1.98. The number of hydrogen-bond acceptors (Lipinski definition) is 4. The predicted octanol–water partition coefficient (Wildman–Crippen LogP) is 2.23. The molecule has 0 aliphatic carbocycles. The Balaban J connectivity index is 2.57. The van der Waals surface area contributed by atoms with E-state index in [2.05, 4.69) is 4.74 Å². The van der Waals surface area contributed by atoms with Crippen LogP contribution in [0.4, 0.5) is 0 Å². The molecule has 0 saturated heterocycles. The zero-order valence-corrected chi connectivity index (χ0v) is 8.44. The molecule has 1 heterocycles. The third-order valence-electron chi connectivity index (χ3n) is 2.19. The van der Waals surface area contributed by atoms with Gasteiger partial charge in [0.25, 0.3) is 0 Å². The first-order chi connectivity index (χ1) is 7.26. The van der Waals surface area contributed by atoms with Crippen LogP contribution in [0.15, 0.2) is 28.9 Å². The van der Waals surface area contributed by atoms with Crippen molar-refractivity contribution in [3.8, 4) is 5.75 Å². The minimum absolute atomic E-state index is 0.404. The van der Waals surface area contributed by atoms with E-state index in [4.69, 9.17) is 9.15 Å². The van der Waals surface area contributed by atoms with Crippen LogP contribution < -0.4 is 4.74 Å². The van der Waals surface area contributed by atoms with Crippen molar-refractivity contribution >= 4 is 16.9 Å². The fourth-order valence-corrected chi connectivity index (χ4v) is 1.40. The van der Waals surface area contributed by atoms with Crippen molar-refractivity contribution in [1.82, 2.24) is 0 Å². The number of methoxy groups -OCH3 is 2. The number of furan rings is 1. The Morgan fingerprint density at radius 3 is 2.80 bits per heavy atom. The smallest absolute Gasteiger partial charge is 0.341 e. The largest absolute Gasteiger partial charge is 0.497 e. The van der Waals surface area contributed by atoms with Gasteiger partial charge in [-0.2, -0.15) is 0 Å². The van der Waals surface area contributed by atoms with E-state index in [1.165, 1.54) is 13.4 Å². The fraction of sp³-hybridized carbons (Fsp3) is 0.182.